The molecule has 0 atom stereocenters. The number of ether oxygens (including phenoxy) is 1. The quantitative estimate of drug-likeness (QED) is 0.571. The van der Waals surface area contributed by atoms with Crippen LogP contribution in [0, 0.1) is 0 Å². The van der Waals surface area contributed by atoms with Gasteiger partial charge >= 0.3 is 5.97 Å². The Hall–Kier alpha value is -2.23. The lowest BCUT2D eigenvalue weighted by Crippen LogP contribution is -2.10. The van der Waals surface area contributed by atoms with Gasteiger partial charge in [0, 0.05) is 18.3 Å². The molecule has 0 aliphatic rings. The molecule has 0 spiro atoms. The summed E-state index contributed by atoms with van der Waals surface area (Å²) in [7, 11) is 1.40. The Morgan fingerprint density at radius 3 is 2.43 bits per heavy atom. The minimum Gasteiger partial charge on any atom is -0.508 e. The lowest BCUT2D eigenvalue weighted by atomic mass is 10.1. The molecule has 1 N–H and O–H groups in total. The Morgan fingerprint density at radius 1 is 1.09 bits per heavy atom. The topological polar surface area (TPSA) is 51.5 Å². The largest absolute Gasteiger partial charge is 0.508 e. The van der Waals surface area contributed by atoms with Gasteiger partial charge in [0.15, 0.2) is 0 Å². The summed E-state index contributed by atoms with van der Waals surface area (Å²) in [5.41, 5.74) is 2.50. The molecule has 124 valence electrons. The van der Waals surface area contributed by atoms with Gasteiger partial charge in [0.2, 0.25) is 0 Å². The Balaban J connectivity index is 2.15. The second-order valence-electron chi connectivity index (χ2n) is 5.76. The third-order valence-electron chi connectivity index (χ3n) is 3.99. The molecule has 0 saturated carbocycles. The molecule has 0 unspecified atom stereocenters. The van der Waals surface area contributed by atoms with Gasteiger partial charge in [0.25, 0.3) is 0 Å². The van der Waals surface area contributed by atoms with Crippen molar-refractivity contribution in [1.82, 2.24) is 4.57 Å². The molecule has 0 bridgehead atoms. The third-order valence-corrected chi connectivity index (χ3v) is 3.99. The SMILES string of the molecule is CCCCCCCn1cc(-c2ccc(O)cc2)cc1C(=O)OC. The van der Waals surface area contributed by atoms with Gasteiger partial charge in [-0.05, 0) is 30.2 Å². The summed E-state index contributed by atoms with van der Waals surface area (Å²) in [6, 6.07) is 8.84. The zero-order chi connectivity index (χ0) is 16.7. The Bertz CT molecular complexity index is 629. The zero-order valence-corrected chi connectivity index (χ0v) is 13.9. The first-order valence-corrected chi connectivity index (χ1v) is 8.23. The maximum Gasteiger partial charge on any atom is 0.354 e. The van der Waals surface area contributed by atoms with Crippen LogP contribution in [-0.2, 0) is 11.3 Å². The predicted octanol–water partition coefficient (Wildman–Crippen LogP) is 4.62. The van der Waals surface area contributed by atoms with Gasteiger partial charge in [-0.2, -0.15) is 0 Å². The monoisotopic (exact) mass is 315 g/mol. The minimum absolute atomic E-state index is 0.234. The number of phenols is 1. The predicted molar refractivity (Wildman–Crippen MR) is 91.6 cm³/mol. The first-order valence-electron chi connectivity index (χ1n) is 8.23. The van der Waals surface area contributed by atoms with Crippen LogP contribution in [0.4, 0.5) is 0 Å². The third kappa shape index (κ3) is 4.62. The number of benzene rings is 1. The number of unbranched alkanes of at least 4 members (excludes halogenated alkanes) is 4. The van der Waals surface area contributed by atoms with Crippen molar-refractivity contribution in [1.29, 1.82) is 0 Å². The van der Waals surface area contributed by atoms with Crippen LogP contribution in [0.25, 0.3) is 11.1 Å². The molecule has 0 aliphatic heterocycles. The summed E-state index contributed by atoms with van der Waals surface area (Å²) < 4.78 is 6.86. The van der Waals surface area contributed by atoms with Crippen LogP contribution in [0.1, 0.15) is 49.5 Å². The highest BCUT2D eigenvalue weighted by molar-refractivity contribution is 5.89. The molecule has 1 aromatic carbocycles. The maximum absolute atomic E-state index is 12.0. The van der Waals surface area contributed by atoms with Gasteiger partial charge in [0.1, 0.15) is 11.4 Å². The zero-order valence-electron chi connectivity index (χ0n) is 13.9. The molecule has 0 fully saturated rings. The summed E-state index contributed by atoms with van der Waals surface area (Å²) in [6.07, 6.45) is 7.92. The van der Waals surface area contributed by atoms with E-state index >= 15 is 0 Å². The fraction of sp³-hybridized carbons (Fsp3) is 0.421. The van der Waals surface area contributed by atoms with Crippen LogP contribution in [0.5, 0.6) is 5.75 Å². The van der Waals surface area contributed by atoms with Crippen molar-refractivity contribution in [3.05, 3.63) is 42.2 Å². The number of aromatic hydroxyl groups is 1. The normalized spacial score (nSPS) is 10.7. The van der Waals surface area contributed by atoms with Gasteiger partial charge in [-0.25, -0.2) is 4.79 Å². The number of aromatic nitrogens is 1. The van der Waals surface area contributed by atoms with E-state index in [9.17, 15) is 9.90 Å². The molecule has 4 heteroatoms. The molecule has 0 radical (unpaired) electrons. The van der Waals surface area contributed by atoms with Crippen LogP contribution in [0.3, 0.4) is 0 Å². The van der Waals surface area contributed by atoms with Gasteiger partial charge in [0.05, 0.1) is 7.11 Å². The molecule has 4 nitrogen and oxygen atoms in total. The highest BCUT2D eigenvalue weighted by atomic mass is 16.5. The van der Waals surface area contributed by atoms with E-state index in [1.54, 1.807) is 12.1 Å². The molecule has 23 heavy (non-hydrogen) atoms. The minimum atomic E-state index is -0.316. The van der Waals surface area contributed by atoms with Crippen molar-refractivity contribution < 1.29 is 14.6 Å². The van der Waals surface area contributed by atoms with E-state index in [-0.39, 0.29) is 11.7 Å². The van der Waals surface area contributed by atoms with Gasteiger partial charge in [-0.1, -0.05) is 44.7 Å². The second-order valence-corrected chi connectivity index (χ2v) is 5.76. The molecule has 2 rings (SSSR count). The number of carbonyl (C=O) groups excluding carboxylic acids is 1. The smallest absolute Gasteiger partial charge is 0.354 e. The number of esters is 1. The van der Waals surface area contributed by atoms with Crippen molar-refractivity contribution in [2.75, 3.05) is 7.11 Å². The van der Waals surface area contributed by atoms with E-state index < -0.39 is 0 Å². The van der Waals surface area contributed by atoms with E-state index in [0.29, 0.717) is 5.69 Å². The van der Waals surface area contributed by atoms with E-state index in [4.69, 9.17) is 4.74 Å². The Labute approximate surface area is 137 Å². The van der Waals surface area contributed by atoms with Crippen molar-refractivity contribution in [2.24, 2.45) is 0 Å². The van der Waals surface area contributed by atoms with E-state index in [0.717, 1.165) is 24.1 Å². The maximum atomic E-state index is 12.0. The summed E-state index contributed by atoms with van der Waals surface area (Å²) in [5, 5.41) is 9.40. The van der Waals surface area contributed by atoms with Crippen molar-refractivity contribution in [2.45, 2.75) is 45.6 Å². The van der Waals surface area contributed by atoms with Gasteiger partial charge in [-0.15, -0.1) is 0 Å². The summed E-state index contributed by atoms with van der Waals surface area (Å²) >= 11 is 0. The number of phenolic OH excluding ortho intramolecular Hbond substituents is 1. The number of hydrogen-bond donors (Lipinski definition) is 1. The molecule has 0 aliphatic carbocycles. The average Bonchev–Trinajstić information content (AvgIpc) is 2.99. The number of rotatable bonds is 8. The summed E-state index contributed by atoms with van der Waals surface area (Å²) in [5.74, 6) is -0.0825. The standard InChI is InChI=1S/C19H25NO3/c1-3-4-5-6-7-12-20-14-16(13-18(20)19(22)23-2)15-8-10-17(21)11-9-15/h8-11,13-14,21H,3-7,12H2,1-2H3. The number of nitrogens with zero attached hydrogens (tertiary/aromatic N) is 1. The summed E-state index contributed by atoms with van der Waals surface area (Å²) in [6.45, 7) is 3.01. The number of carbonyl (C=O) groups is 1. The summed E-state index contributed by atoms with van der Waals surface area (Å²) in [4.78, 5) is 12.0. The molecule has 1 heterocycles. The first-order chi connectivity index (χ1) is 11.2. The van der Waals surface area contributed by atoms with Crippen molar-refractivity contribution >= 4 is 5.97 Å². The van der Waals surface area contributed by atoms with E-state index in [1.807, 2.05) is 29.0 Å². The van der Waals surface area contributed by atoms with Crippen LogP contribution < -0.4 is 0 Å². The number of aryl methyl sites for hydroxylation is 1. The van der Waals surface area contributed by atoms with Crippen LogP contribution >= 0.6 is 0 Å². The van der Waals surface area contributed by atoms with Crippen molar-refractivity contribution in [3.63, 3.8) is 0 Å². The van der Waals surface area contributed by atoms with Crippen LogP contribution in [0.2, 0.25) is 0 Å². The molecular formula is C19H25NO3. The fourth-order valence-corrected chi connectivity index (χ4v) is 2.67. The first kappa shape index (κ1) is 17.1. The molecule has 0 saturated heterocycles. The average molecular weight is 315 g/mol. The molecule has 2 aromatic rings. The van der Waals surface area contributed by atoms with Gasteiger partial charge < -0.3 is 14.4 Å². The Morgan fingerprint density at radius 2 is 1.78 bits per heavy atom. The number of methoxy groups -OCH3 is 1. The molecule has 0 amide bonds. The second kappa shape index (κ2) is 8.42. The molecular weight excluding hydrogens is 290 g/mol. The van der Waals surface area contributed by atoms with Crippen LogP contribution in [-0.4, -0.2) is 22.8 Å². The lowest BCUT2D eigenvalue weighted by Gasteiger charge is -2.07. The van der Waals surface area contributed by atoms with Crippen molar-refractivity contribution in [3.8, 4) is 16.9 Å². The van der Waals surface area contributed by atoms with Gasteiger partial charge in [-0.3, -0.25) is 0 Å². The Kier molecular flexibility index (Phi) is 6.27. The highest BCUT2D eigenvalue weighted by Crippen LogP contribution is 2.25. The highest BCUT2D eigenvalue weighted by Gasteiger charge is 2.14. The lowest BCUT2D eigenvalue weighted by molar-refractivity contribution is 0.0588. The van der Waals surface area contributed by atoms with Crippen LogP contribution in [0.15, 0.2) is 36.5 Å². The fourth-order valence-electron chi connectivity index (χ4n) is 2.67. The van der Waals surface area contributed by atoms with E-state index in [2.05, 4.69) is 6.92 Å². The number of hydrogen-bond acceptors (Lipinski definition) is 3. The van der Waals surface area contributed by atoms with E-state index in [1.165, 1.54) is 32.8 Å². The molecule has 1 aromatic heterocycles.